The normalized spacial score (nSPS) is 16.6. The average Bonchev–Trinajstić information content (AvgIpc) is 2.91. The highest BCUT2D eigenvalue weighted by molar-refractivity contribution is 5.91. The van der Waals surface area contributed by atoms with E-state index in [0.29, 0.717) is 5.92 Å². The molecule has 0 aromatic heterocycles. The Hall–Kier alpha value is -1.82. The first kappa shape index (κ1) is 14.1. The smallest absolute Gasteiger partial charge is 0.0101 e. The van der Waals surface area contributed by atoms with Crippen molar-refractivity contribution in [2.45, 2.75) is 44.9 Å². The molecule has 1 unspecified atom stereocenters. The van der Waals surface area contributed by atoms with Crippen molar-refractivity contribution in [2.75, 3.05) is 0 Å². The quantitative estimate of drug-likeness (QED) is 0.543. The third-order valence-electron chi connectivity index (χ3n) is 4.51. The van der Waals surface area contributed by atoms with Gasteiger partial charge in [-0.1, -0.05) is 93.3 Å². The van der Waals surface area contributed by atoms with Crippen molar-refractivity contribution in [3.63, 3.8) is 0 Å². The molecule has 0 spiro atoms. The maximum Gasteiger partial charge on any atom is 0.0101 e. The van der Waals surface area contributed by atoms with Crippen LogP contribution in [0.4, 0.5) is 0 Å². The lowest BCUT2D eigenvalue weighted by molar-refractivity contribution is 0.612. The van der Waals surface area contributed by atoms with E-state index in [1.165, 1.54) is 54.4 Å². The first-order valence-corrected chi connectivity index (χ1v) is 8.26. The fourth-order valence-corrected chi connectivity index (χ4v) is 3.40. The molecule has 1 aliphatic rings. The van der Waals surface area contributed by atoms with Crippen molar-refractivity contribution in [3.05, 3.63) is 71.3 Å². The van der Waals surface area contributed by atoms with Crippen molar-refractivity contribution in [2.24, 2.45) is 0 Å². The molecule has 1 aliphatic carbocycles. The van der Waals surface area contributed by atoms with Gasteiger partial charge in [0.2, 0.25) is 0 Å². The van der Waals surface area contributed by atoms with Crippen molar-refractivity contribution < 1.29 is 0 Å². The SMILES string of the molecule is CCCCCCC1C(c2ccccc2)=Cc2ccccc21. The molecule has 1 atom stereocenters. The van der Waals surface area contributed by atoms with Crippen LogP contribution in [0.5, 0.6) is 0 Å². The van der Waals surface area contributed by atoms with Crippen LogP contribution in [-0.4, -0.2) is 0 Å². The van der Waals surface area contributed by atoms with Gasteiger partial charge in [0.15, 0.2) is 0 Å². The number of hydrogen-bond acceptors (Lipinski definition) is 0. The monoisotopic (exact) mass is 276 g/mol. The molecule has 0 fully saturated rings. The highest BCUT2D eigenvalue weighted by Gasteiger charge is 2.25. The van der Waals surface area contributed by atoms with E-state index < -0.39 is 0 Å². The molecule has 0 amide bonds. The van der Waals surface area contributed by atoms with Gasteiger partial charge < -0.3 is 0 Å². The van der Waals surface area contributed by atoms with Gasteiger partial charge in [0.05, 0.1) is 0 Å². The van der Waals surface area contributed by atoms with Crippen LogP contribution in [0, 0.1) is 0 Å². The minimum absolute atomic E-state index is 0.584. The van der Waals surface area contributed by atoms with E-state index in [1.54, 1.807) is 0 Å². The molecule has 21 heavy (non-hydrogen) atoms. The van der Waals surface area contributed by atoms with E-state index in [0.717, 1.165) is 0 Å². The number of unbranched alkanes of at least 4 members (excludes halogenated alkanes) is 3. The minimum atomic E-state index is 0.584. The third-order valence-corrected chi connectivity index (χ3v) is 4.51. The molecule has 3 rings (SSSR count). The summed E-state index contributed by atoms with van der Waals surface area (Å²) in [5.41, 5.74) is 5.83. The zero-order valence-corrected chi connectivity index (χ0v) is 12.9. The first-order valence-electron chi connectivity index (χ1n) is 8.26. The second-order valence-corrected chi connectivity index (χ2v) is 6.00. The maximum absolute atomic E-state index is 2.40. The molecular weight excluding hydrogens is 252 g/mol. The summed E-state index contributed by atoms with van der Waals surface area (Å²) in [7, 11) is 0. The van der Waals surface area contributed by atoms with Crippen LogP contribution in [0.1, 0.15) is 61.6 Å². The summed E-state index contributed by atoms with van der Waals surface area (Å²) in [6, 6.07) is 19.8. The molecule has 0 saturated carbocycles. The van der Waals surface area contributed by atoms with Crippen LogP contribution in [0.2, 0.25) is 0 Å². The van der Waals surface area contributed by atoms with E-state index in [2.05, 4.69) is 67.6 Å². The summed E-state index contributed by atoms with van der Waals surface area (Å²) < 4.78 is 0. The number of allylic oxidation sites excluding steroid dienone is 1. The molecule has 0 bridgehead atoms. The Labute approximate surface area is 128 Å². The van der Waals surface area contributed by atoms with Crippen molar-refractivity contribution in [1.82, 2.24) is 0 Å². The lowest BCUT2D eigenvalue weighted by Gasteiger charge is -2.17. The Morgan fingerprint density at radius 1 is 0.810 bits per heavy atom. The molecule has 0 N–H and O–H groups in total. The summed E-state index contributed by atoms with van der Waals surface area (Å²) in [6.45, 7) is 2.28. The highest BCUT2D eigenvalue weighted by atomic mass is 14.3. The second-order valence-electron chi connectivity index (χ2n) is 6.00. The summed E-state index contributed by atoms with van der Waals surface area (Å²) in [6.07, 6.45) is 9.03. The molecule has 2 aromatic carbocycles. The predicted octanol–water partition coefficient (Wildman–Crippen LogP) is 6.29. The summed E-state index contributed by atoms with van der Waals surface area (Å²) in [4.78, 5) is 0. The van der Waals surface area contributed by atoms with Gasteiger partial charge >= 0.3 is 0 Å². The standard InChI is InChI=1S/C21H24/c1-2-3-4-8-15-20-19-14-10-9-13-18(19)16-21(20)17-11-6-5-7-12-17/h5-7,9-14,16,20H,2-4,8,15H2,1H3. The minimum Gasteiger partial charge on any atom is -0.0654 e. The largest absolute Gasteiger partial charge is 0.0654 e. The molecular formula is C21H24. The van der Waals surface area contributed by atoms with E-state index in [9.17, 15) is 0 Å². The van der Waals surface area contributed by atoms with Crippen LogP contribution in [-0.2, 0) is 0 Å². The van der Waals surface area contributed by atoms with E-state index in [4.69, 9.17) is 0 Å². The molecule has 0 nitrogen and oxygen atoms in total. The fourth-order valence-electron chi connectivity index (χ4n) is 3.40. The molecule has 0 saturated heterocycles. The summed E-state index contributed by atoms with van der Waals surface area (Å²) in [5, 5.41) is 0. The Morgan fingerprint density at radius 2 is 1.57 bits per heavy atom. The molecule has 0 aliphatic heterocycles. The summed E-state index contributed by atoms with van der Waals surface area (Å²) >= 11 is 0. The predicted molar refractivity (Wildman–Crippen MR) is 92.3 cm³/mol. The van der Waals surface area contributed by atoms with Gasteiger partial charge in [0.1, 0.15) is 0 Å². The van der Waals surface area contributed by atoms with Gasteiger partial charge in [-0.25, -0.2) is 0 Å². The van der Waals surface area contributed by atoms with Gasteiger partial charge in [-0.15, -0.1) is 0 Å². The van der Waals surface area contributed by atoms with Gasteiger partial charge in [-0.05, 0) is 28.7 Å². The number of benzene rings is 2. The topological polar surface area (TPSA) is 0 Å². The summed E-state index contributed by atoms with van der Waals surface area (Å²) in [5.74, 6) is 0.584. The Kier molecular flexibility index (Phi) is 4.55. The van der Waals surface area contributed by atoms with Crippen molar-refractivity contribution in [1.29, 1.82) is 0 Å². The molecule has 108 valence electrons. The third kappa shape index (κ3) is 3.10. The lowest BCUT2D eigenvalue weighted by Crippen LogP contribution is -1.99. The number of fused-ring (bicyclic) bond motifs is 1. The molecule has 0 radical (unpaired) electrons. The van der Waals surface area contributed by atoms with Crippen molar-refractivity contribution in [3.8, 4) is 0 Å². The Bertz CT molecular complexity index is 607. The Balaban J connectivity index is 1.84. The molecule has 2 aromatic rings. The second kappa shape index (κ2) is 6.76. The van der Waals surface area contributed by atoms with Gasteiger partial charge in [-0.3, -0.25) is 0 Å². The van der Waals surface area contributed by atoms with Crippen molar-refractivity contribution >= 4 is 11.6 Å². The highest BCUT2D eigenvalue weighted by Crippen LogP contribution is 2.44. The van der Waals surface area contributed by atoms with Crippen LogP contribution in [0.25, 0.3) is 11.6 Å². The zero-order valence-electron chi connectivity index (χ0n) is 12.9. The molecule has 0 heteroatoms. The fraction of sp³-hybridized carbons (Fsp3) is 0.333. The number of rotatable bonds is 6. The number of hydrogen-bond donors (Lipinski definition) is 0. The van der Waals surface area contributed by atoms with Crippen LogP contribution in [0.15, 0.2) is 54.6 Å². The lowest BCUT2D eigenvalue weighted by atomic mass is 9.87. The van der Waals surface area contributed by atoms with Crippen LogP contribution >= 0.6 is 0 Å². The van der Waals surface area contributed by atoms with Gasteiger partial charge in [-0.2, -0.15) is 0 Å². The van der Waals surface area contributed by atoms with Crippen LogP contribution in [0.3, 0.4) is 0 Å². The van der Waals surface area contributed by atoms with Crippen LogP contribution < -0.4 is 0 Å². The molecule has 0 heterocycles. The van der Waals surface area contributed by atoms with Gasteiger partial charge in [0.25, 0.3) is 0 Å². The maximum atomic E-state index is 2.40. The van der Waals surface area contributed by atoms with Gasteiger partial charge in [0, 0.05) is 5.92 Å². The van der Waals surface area contributed by atoms with E-state index >= 15 is 0 Å². The van der Waals surface area contributed by atoms with E-state index in [-0.39, 0.29) is 0 Å². The van der Waals surface area contributed by atoms with E-state index in [1.807, 2.05) is 0 Å². The Morgan fingerprint density at radius 3 is 2.38 bits per heavy atom. The first-order chi connectivity index (χ1) is 10.4. The zero-order chi connectivity index (χ0) is 14.5. The average molecular weight is 276 g/mol.